The molecular weight excluding hydrogens is 274 g/mol. The topological polar surface area (TPSA) is 59.0 Å². The maximum Gasteiger partial charge on any atom is 0.242 e. The molecule has 1 atom stereocenters. The van der Waals surface area contributed by atoms with Gasteiger partial charge in [-0.25, -0.2) is 0 Å². The molecule has 0 aliphatic rings. The molecule has 0 radical (unpaired) electrons. The predicted molar refractivity (Wildman–Crippen MR) is 81.5 cm³/mol. The zero-order chi connectivity index (χ0) is 14.7. The summed E-state index contributed by atoms with van der Waals surface area (Å²) in [6, 6.07) is 5.66. The molecule has 1 heterocycles. The highest BCUT2D eigenvalue weighted by molar-refractivity contribution is 7.71. The van der Waals surface area contributed by atoms with E-state index in [4.69, 9.17) is 17.0 Å². The molecule has 0 bridgehead atoms. The van der Waals surface area contributed by atoms with Gasteiger partial charge < -0.3 is 19.6 Å². The molecule has 2 aromatic rings. The summed E-state index contributed by atoms with van der Waals surface area (Å²) in [6.07, 6.45) is 0. The van der Waals surface area contributed by atoms with E-state index in [0.29, 0.717) is 17.9 Å². The Morgan fingerprint density at radius 1 is 1.55 bits per heavy atom. The summed E-state index contributed by atoms with van der Waals surface area (Å²) in [5.41, 5.74) is 3.02. The standard InChI is InChI=1S/C14H19N3O2S/c1-9-4-5-11-12(8-9)17(14(20)16-11)10(2)13(18)15-6-7-19-3/h4-5,8,10H,6-7H2,1-3H3,(H,15,18)(H,16,20). The van der Waals surface area contributed by atoms with E-state index < -0.39 is 0 Å². The lowest BCUT2D eigenvalue weighted by atomic mass is 10.2. The molecule has 108 valence electrons. The zero-order valence-electron chi connectivity index (χ0n) is 11.9. The van der Waals surface area contributed by atoms with E-state index >= 15 is 0 Å². The van der Waals surface area contributed by atoms with Crippen molar-refractivity contribution in [3.05, 3.63) is 28.5 Å². The summed E-state index contributed by atoms with van der Waals surface area (Å²) in [4.78, 5) is 15.3. The number of nitrogens with one attached hydrogen (secondary N) is 2. The van der Waals surface area contributed by atoms with Gasteiger partial charge >= 0.3 is 0 Å². The van der Waals surface area contributed by atoms with Crippen LogP contribution in [0.5, 0.6) is 0 Å². The van der Waals surface area contributed by atoms with E-state index in [-0.39, 0.29) is 11.9 Å². The predicted octanol–water partition coefficient (Wildman–Crippen LogP) is 2.33. The minimum atomic E-state index is -0.366. The van der Waals surface area contributed by atoms with Gasteiger partial charge in [0.25, 0.3) is 0 Å². The Hall–Kier alpha value is -1.66. The third-order valence-electron chi connectivity index (χ3n) is 3.25. The van der Waals surface area contributed by atoms with Gasteiger partial charge in [-0.3, -0.25) is 4.79 Å². The van der Waals surface area contributed by atoms with Crippen molar-refractivity contribution in [3.8, 4) is 0 Å². The zero-order valence-corrected chi connectivity index (χ0v) is 12.7. The molecule has 2 N–H and O–H groups in total. The molecule has 0 fully saturated rings. The summed E-state index contributed by atoms with van der Waals surface area (Å²) in [5.74, 6) is -0.0689. The van der Waals surface area contributed by atoms with Gasteiger partial charge in [0.15, 0.2) is 4.77 Å². The Morgan fingerprint density at radius 3 is 3.00 bits per heavy atom. The summed E-state index contributed by atoms with van der Waals surface area (Å²) < 4.78 is 7.33. The number of ether oxygens (including phenoxy) is 1. The number of nitrogens with zero attached hydrogens (tertiary/aromatic N) is 1. The fourth-order valence-corrected chi connectivity index (χ4v) is 2.52. The van der Waals surface area contributed by atoms with Crippen LogP contribution < -0.4 is 5.32 Å². The fraction of sp³-hybridized carbons (Fsp3) is 0.429. The molecule has 0 aliphatic carbocycles. The van der Waals surface area contributed by atoms with E-state index in [0.717, 1.165) is 16.6 Å². The lowest BCUT2D eigenvalue weighted by Gasteiger charge is -2.14. The Kier molecular flexibility index (Phi) is 4.57. The number of amides is 1. The maximum absolute atomic E-state index is 12.1. The lowest BCUT2D eigenvalue weighted by molar-refractivity contribution is -0.124. The Labute approximate surface area is 122 Å². The van der Waals surface area contributed by atoms with Gasteiger partial charge in [0.2, 0.25) is 5.91 Å². The Bertz CT molecular complexity index is 675. The average molecular weight is 293 g/mol. The number of hydrogen-bond donors (Lipinski definition) is 2. The van der Waals surface area contributed by atoms with Gasteiger partial charge in [0.05, 0.1) is 17.6 Å². The van der Waals surface area contributed by atoms with Crippen LogP contribution in [-0.4, -0.2) is 35.7 Å². The minimum Gasteiger partial charge on any atom is -0.383 e. The number of imidazole rings is 1. The van der Waals surface area contributed by atoms with Crippen LogP contribution in [0.1, 0.15) is 18.5 Å². The number of hydrogen-bond acceptors (Lipinski definition) is 3. The largest absolute Gasteiger partial charge is 0.383 e. The van der Waals surface area contributed by atoms with E-state index in [1.54, 1.807) is 7.11 Å². The van der Waals surface area contributed by atoms with Crippen molar-refractivity contribution >= 4 is 29.2 Å². The third kappa shape index (κ3) is 2.91. The highest BCUT2D eigenvalue weighted by Crippen LogP contribution is 2.20. The normalized spacial score (nSPS) is 12.6. The van der Waals surface area contributed by atoms with E-state index in [1.807, 2.05) is 36.6 Å². The van der Waals surface area contributed by atoms with Crippen molar-refractivity contribution in [2.45, 2.75) is 19.9 Å². The smallest absolute Gasteiger partial charge is 0.242 e. The van der Waals surface area contributed by atoms with Crippen LogP contribution in [0.25, 0.3) is 11.0 Å². The Morgan fingerprint density at radius 2 is 2.30 bits per heavy atom. The van der Waals surface area contributed by atoms with E-state index in [2.05, 4.69) is 10.3 Å². The second-order valence-electron chi connectivity index (χ2n) is 4.78. The average Bonchev–Trinajstić information content (AvgIpc) is 2.73. The molecule has 2 rings (SSSR count). The molecular formula is C14H19N3O2S. The summed E-state index contributed by atoms with van der Waals surface area (Å²) in [6.45, 7) is 4.85. The molecule has 0 aliphatic heterocycles. The van der Waals surface area contributed by atoms with Crippen molar-refractivity contribution in [1.29, 1.82) is 0 Å². The molecule has 20 heavy (non-hydrogen) atoms. The first kappa shape index (κ1) is 14.7. The van der Waals surface area contributed by atoms with Gasteiger partial charge in [-0.1, -0.05) is 6.07 Å². The van der Waals surface area contributed by atoms with Crippen molar-refractivity contribution in [1.82, 2.24) is 14.9 Å². The number of methoxy groups -OCH3 is 1. The van der Waals surface area contributed by atoms with Crippen molar-refractivity contribution < 1.29 is 9.53 Å². The number of benzene rings is 1. The minimum absolute atomic E-state index is 0.0689. The highest BCUT2D eigenvalue weighted by atomic mass is 32.1. The van der Waals surface area contributed by atoms with Gasteiger partial charge in [0, 0.05) is 13.7 Å². The number of rotatable bonds is 5. The molecule has 1 amide bonds. The van der Waals surface area contributed by atoms with Crippen LogP contribution in [0.4, 0.5) is 0 Å². The second kappa shape index (κ2) is 6.19. The van der Waals surface area contributed by atoms with Gasteiger partial charge in [-0.2, -0.15) is 0 Å². The number of fused-ring (bicyclic) bond motifs is 1. The van der Waals surface area contributed by atoms with Crippen molar-refractivity contribution in [3.63, 3.8) is 0 Å². The van der Waals surface area contributed by atoms with Gasteiger partial charge in [-0.15, -0.1) is 0 Å². The van der Waals surface area contributed by atoms with Crippen LogP contribution in [0.3, 0.4) is 0 Å². The van der Waals surface area contributed by atoms with Crippen molar-refractivity contribution in [2.24, 2.45) is 0 Å². The molecule has 0 saturated heterocycles. The first-order chi connectivity index (χ1) is 9.54. The third-order valence-corrected chi connectivity index (χ3v) is 3.54. The molecule has 6 heteroatoms. The molecule has 1 aromatic carbocycles. The van der Waals surface area contributed by atoms with Crippen LogP contribution >= 0.6 is 12.2 Å². The fourth-order valence-electron chi connectivity index (χ4n) is 2.16. The quantitative estimate of drug-likeness (QED) is 0.657. The second-order valence-corrected chi connectivity index (χ2v) is 5.17. The molecule has 0 saturated carbocycles. The summed E-state index contributed by atoms with van der Waals surface area (Å²) in [5, 5.41) is 2.83. The molecule has 1 aromatic heterocycles. The molecule has 5 nitrogen and oxygen atoms in total. The number of carbonyl (C=O) groups excluding carboxylic acids is 1. The summed E-state index contributed by atoms with van der Waals surface area (Å²) in [7, 11) is 1.61. The maximum atomic E-state index is 12.1. The first-order valence-corrected chi connectivity index (χ1v) is 6.93. The van der Waals surface area contributed by atoms with E-state index in [1.165, 1.54) is 0 Å². The van der Waals surface area contributed by atoms with Crippen LogP contribution in [0.2, 0.25) is 0 Å². The molecule has 1 unspecified atom stereocenters. The number of aromatic nitrogens is 2. The SMILES string of the molecule is COCCNC(=O)C(C)n1c(=S)[nH]c2ccc(C)cc21. The van der Waals surface area contributed by atoms with Gasteiger partial charge in [-0.05, 0) is 43.8 Å². The first-order valence-electron chi connectivity index (χ1n) is 6.52. The van der Waals surface area contributed by atoms with Crippen LogP contribution in [0.15, 0.2) is 18.2 Å². The van der Waals surface area contributed by atoms with Crippen LogP contribution in [0, 0.1) is 11.7 Å². The van der Waals surface area contributed by atoms with E-state index in [9.17, 15) is 4.79 Å². The highest BCUT2D eigenvalue weighted by Gasteiger charge is 2.18. The van der Waals surface area contributed by atoms with Crippen LogP contribution in [-0.2, 0) is 9.53 Å². The lowest BCUT2D eigenvalue weighted by Crippen LogP contribution is -2.33. The van der Waals surface area contributed by atoms with Crippen molar-refractivity contribution in [2.75, 3.05) is 20.3 Å². The summed E-state index contributed by atoms with van der Waals surface area (Å²) >= 11 is 5.33. The monoisotopic (exact) mass is 293 g/mol. The number of aryl methyl sites for hydroxylation is 1. The number of aromatic amines is 1. The number of H-pyrrole nitrogens is 1. The Balaban J connectivity index is 2.31. The van der Waals surface area contributed by atoms with Gasteiger partial charge in [0.1, 0.15) is 6.04 Å². The molecule has 0 spiro atoms. The number of carbonyl (C=O) groups is 1.